The third kappa shape index (κ3) is 4.13. The average Bonchev–Trinajstić information content (AvgIpc) is 2.35. The summed E-state index contributed by atoms with van der Waals surface area (Å²) in [5.41, 5.74) is 6.81. The van der Waals surface area contributed by atoms with Crippen molar-refractivity contribution < 1.29 is 4.79 Å². The monoisotopic (exact) mass is 298 g/mol. The van der Waals surface area contributed by atoms with Gasteiger partial charge < -0.3 is 11.1 Å². The van der Waals surface area contributed by atoms with Crippen LogP contribution in [0.3, 0.4) is 0 Å². The molecule has 1 aromatic rings. The van der Waals surface area contributed by atoms with Crippen LogP contribution < -0.4 is 11.1 Å². The zero-order valence-electron chi connectivity index (χ0n) is 10.2. The molecule has 0 saturated carbocycles. The van der Waals surface area contributed by atoms with Crippen LogP contribution in [0.15, 0.2) is 28.7 Å². The summed E-state index contributed by atoms with van der Waals surface area (Å²) in [6.07, 6.45) is 1.51. The number of halogens is 1. The topological polar surface area (TPSA) is 55.1 Å². The summed E-state index contributed by atoms with van der Waals surface area (Å²) < 4.78 is 1.03. The first-order chi connectivity index (χ1) is 8.08. The van der Waals surface area contributed by atoms with E-state index in [9.17, 15) is 4.79 Å². The molecule has 1 unspecified atom stereocenters. The fourth-order valence-electron chi connectivity index (χ4n) is 1.58. The SMILES string of the molecule is CCC(NC(=O)[C@@H](N)CC)c1ccc(Br)cc1. The van der Waals surface area contributed by atoms with Crippen molar-refractivity contribution in [3.63, 3.8) is 0 Å². The number of carbonyl (C=O) groups is 1. The van der Waals surface area contributed by atoms with E-state index in [2.05, 4.69) is 21.2 Å². The van der Waals surface area contributed by atoms with Gasteiger partial charge in [-0.15, -0.1) is 0 Å². The van der Waals surface area contributed by atoms with Gasteiger partial charge in [0.2, 0.25) is 5.91 Å². The molecule has 0 aliphatic carbocycles. The van der Waals surface area contributed by atoms with Gasteiger partial charge in [-0.25, -0.2) is 0 Å². The summed E-state index contributed by atoms with van der Waals surface area (Å²) in [4.78, 5) is 11.7. The molecular formula is C13H19BrN2O. The third-order valence-corrected chi connectivity index (χ3v) is 3.30. The fraction of sp³-hybridized carbons (Fsp3) is 0.462. The molecule has 0 saturated heterocycles. The predicted octanol–water partition coefficient (Wildman–Crippen LogP) is 2.75. The highest BCUT2D eigenvalue weighted by Crippen LogP contribution is 2.19. The lowest BCUT2D eigenvalue weighted by molar-refractivity contribution is -0.123. The van der Waals surface area contributed by atoms with Crippen LogP contribution in [0.25, 0.3) is 0 Å². The fourth-order valence-corrected chi connectivity index (χ4v) is 1.84. The van der Waals surface area contributed by atoms with Gasteiger partial charge in [0.05, 0.1) is 12.1 Å². The van der Waals surface area contributed by atoms with Gasteiger partial charge in [-0.05, 0) is 30.5 Å². The van der Waals surface area contributed by atoms with Crippen molar-refractivity contribution in [2.75, 3.05) is 0 Å². The molecule has 0 spiro atoms. The molecule has 1 rings (SSSR count). The quantitative estimate of drug-likeness (QED) is 0.878. The van der Waals surface area contributed by atoms with E-state index < -0.39 is 6.04 Å². The Bertz CT molecular complexity index is 364. The summed E-state index contributed by atoms with van der Waals surface area (Å²) in [5, 5.41) is 2.97. The molecule has 3 N–H and O–H groups in total. The Morgan fingerprint density at radius 2 is 1.88 bits per heavy atom. The van der Waals surface area contributed by atoms with E-state index in [0.717, 1.165) is 16.5 Å². The molecule has 1 amide bonds. The largest absolute Gasteiger partial charge is 0.348 e. The minimum absolute atomic E-state index is 0.0354. The maximum absolute atomic E-state index is 11.7. The van der Waals surface area contributed by atoms with E-state index >= 15 is 0 Å². The van der Waals surface area contributed by atoms with Crippen molar-refractivity contribution in [2.24, 2.45) is 5.73 Å². The van der Waals surface area contributed by atoms with E-state index in [0.29, 0.717) is 6.42 Å². The normalized spacial score (nSPS) is 14.1. The molecule has 0 aliphatic heterocycles. The smallest absolute Gasteiger partial charge is 0.237 e. The van der Waals surface area contributed by atoms with Crippen LogP contribution in [0, 0.1) is 0 Å². The molecule has 0 bridgehead atoms. The number of rotatable bonds is 5. The summed E-state index contributed by atoms with van der Waals surface area (Å²) in [6, 6.07) is 7.59. The molecule has 0 heterocycles. The standard InChI is InChI=1S/C13H19BrN2O/c1-3-11(15)13(17)16-12(4-2)9-5-7-10(14)8-6-9/h5-8,11-12H,3-4,15H2,1-2H3,(H,16,17)/t11-,12?/m0/s1. The maximum atomic E-state index is 11.7. The van der Waals surface area contributed by atoms with Crippen LogP contribution in [-0.4, -0.2) is 11.9 Å². The van der Waals surface area contributed by atoms with Crippen LogP contribution in [0.5, 0.6) is 0 Å². The number of hydrogen-bond acceptors (Lipinski definition) is 2. The van der Waals surface area contributed by atoms with Crippen LogP contribution in [0.1, 0.15) is 38.3 Å². The summed E-state index contributed by atoms with van der Waals surface area (Å²) in [7, 11) is 0. The van der Waals surface area contributed by atoms with Crippen molar-refractivity contribution in [3.05, 3.63) is 34.3 Å². The Hall–Kier alpha value is -0.870. The van der Waals surface area contributed by atoms with Crippen LogP contribution in [0.2, 0.25) is 0 Å². The van der Waals surface area contributed by atoms with Gasteiger partial charge in [0.25, 0.3) is 0 Å². The second-order valence-corrected chi connectivity index (χ2v) is 4.95. The molecule has 4 heteroatoms. The zero-order valence-corrected chi connectivity index (χ0v) is 11.8. The van der Waals surface area contributed by atoms with Gasteiger partial charge in [-0.3, -0.25) is 4.79 Å². The van der Waals surface area contributed by atoms with Crippen molar-refractivity contribution >= 4 is 21.8 Å². The van der Waals surface area contributed by atoms with Crippen LogP contribution >= 0.6 is 15.9 Å². The van der Waals surface area contributed by atoms with Crippen molar-refractivity contribution in [2.45, 2.75) is 38.8 Å². The second kappa shape index (κ2) is 6.77. The van der Waals surface area contributed by atoms with Gasteiger partial charge in [0.1, 0.15) is 0 Å². The first-order valence-electron chi connectivity index (χ1n) is 5.89. The van der Waals surface area contributed by atoms with Gasteiger partial charge in [-0.1, -0.05) is 41.9 Å². The predicted molar refractivity (Wildman–Crippen MR) is 73.6 cm³/mol. The molecule has 94 valence electrons. The Kier molecular flexibility index (Phi) is 5.65. The maximum Gasteiger partial charge on any atom is 0.237 e. The third-order valence-electron chi connectivity index (χ3n) is 2.77. The molecule has 17 heavy (non-hydrogen) atoms. The van der Waals surface area contributed by atoms with E-state index in [4.69, 9.17) is 5.73 Å². The summed E-state index contributed by atoms with van der Waals surface area (Å²) in [6.45, 7) is 3.95. The van der Waals surface area contributed by atoms with Gasteiger partial charge >= 0.3 is 0 Å². The molecule has 0 radical (unpaired) electrons. The van der Waals surface area contributed by atoms with Crippen molar-refractivity contribution in [1.29, 1.82) is 0 Å². The van der Waals surface area contributed by atoms with Crippen molar-refractivity contribution in [3.8, 4) is 0 Å². The minimum atomic E-state index is -0.417. The first-order valence-corrected chi connectivity index (χ1v) is 6.69. The van der Waals surface area contributed by atoms with E-state index in [-0.39, 0.29) is 11.9 Å². The number of hydrogen-bond donors (Lipinski definition) is 2. The molecule has 2 atom stereocenters. The highest BCUT2D eigenvalue weighted by atomic mass is 79.9. The number of amides is 1. The van der Waals surface area contributed by atoms with Gasteiger partial charge in [0, 0.05) is 4.47 Å². The highest BCUT2D eigenvalue weighted by Gasteiger charge is 2.16. The van der Waals surface area contributed by atoms with Gasteiger partial charge in [0.15, 0.2) is 0 Å². The number of carbonyl (C=O) groups excluding carboxylic acids is 1. The van der Waals surface area contributed by atoms with E-state index in [1.807, 2.05) is 38.1 Å². The van der Waals surface area contributed by atoms with Crippen LogP contribution in [0.4, 0.5) is 0 Å². The Morgan fingerprint density at radius 1 is 1.29 bits per heavy atom. The van der Waals surface area contributed by atoms with Crippen molar-refractivity contribution in [1.82, 2.24) is 5.32 Å². The second-order valence-electron chi connectivity index (χ2n) is 4.04. The molecule has 0 fully saturated rings. The Morgan fingerprint density at radius 3 is 2.35 bits per heavy atom. The number of nitrogens with two attached hydrogens (primary N) is 1. The molecular weight excluding hydrogens is 280 g/mol. The lowest BCUT2D eigenvalue weighted by Crippen LogP contribution is -2.41. The van der Waals surface area contributed by atoms with E-state index in [1.54, 1.807) is 0 Å². The highest BCUT2D eigenvalue weighted by molar-refractivity contribution is 9.10. The van der Waals surface area contributed by atoms with Gasteiger partial charge in [-0.2, -0.15) is 0 Å². The first kappa shape index (κ1) is 14.2. The summed E-state index contributed by atoms with van der Waals surface area (Å²) >= 11 is 3.39. The zero-order chi connectivity index (χ0) is 12.8. The molecule has 0 aliphatic rings. The Labute approximate surface area is 111 Å². The van der Waals surface area contributed by atoms with Crippen LogP contribution in [-0.2, 0) is 4.79 Å². The average molecular weight is 299 g/mol. The lowest BCUT2D eigenvalue weighted by atomic mass is 10.0. The summed E-state index contributed by atoms with van der Waals surface area (Å²) in [5.74, 6) is -0.0812. The lowest BCUT2D eigenvalue weighted by Gasteiger charge is -2.19. The molecule has 3 nitrogen and oxygen atoms in total. The number of nitrogens with one attached hydrogen (secondary N) is 1. The minimum Gasteiger partial charge on any atom is -0.348 e. The number of benzene rings is 1. The molecule has 1 aromatic carbocycles. The van der Waals surface area contributed by atoms with E-state index in [1.165, 1.54) is 0 Å². The molecule has 0 aromatic heterocycles. The Balaban J connectivity index is 2.72.